The zero-order valence-electron chi connectivity index (χ0n) is 13.1. The molecule has 0 aromatic carbocycles. The van der Waals surface area contributed by atoms with E-state index in [-0.39, 0.29) is 0 Å². The smallest absolute Gasteiger partial charge is 0.142 e. The molecule has 3 atom stereocenters. The van der Waals surface area contributed by atoms with Gasteiger partial charge in [-0.05, 0) is 20.4 Å². The number of hydrogen-bond acceptors (Lipinski definition) is 5. The molecule has 1 aliphatic heterocycles. The van der Waals surface area contributed by atoms with Gasteiger partial charge in [0.25, 0.3) is 0 Å². The quantitative estimate of drug-likeness (QED) is 0.921. The Bertz CT molecular complexity index is 441. The van der Waals surface area contributed by atoms with Gasteiger partial charge in [0.2, 0.25) is 0 Å². The minimum atomic E-state index is 0.441. The summed E-state index contributed by atoms with van der Waals surface area (Å²) in [7, 11) is 0. The highest BCUT2D eigenvalue weighted by Crippen LogP contribution is 2.43. The Morgan fingerprint density at radius 1 is 1.15 bits per heavy atom. The summed E-state index contributed by atoms with van der Waals surface area (Å²) in [5, 5.41) is 5.21. The van der Waals surface area contributed by atoms with Gasteiger partial charge in [0.1, 0.15) is 5.82 Å². The molecule has 0 aliphatic carbocycles. The molecule has 1 N–H and O–H groups in total. The van der Waals surface area contributed by atoms with E-state index in [2.05, 4.69) is 39.9 Å². The molecule has 20 heavy (non-hydrogen) atoms. The fraction of sp³-hybridized carbons (Fsp3) is 0.733. The molecule has 0 spiro atoms. The van der Waals surface area contributed by atoms with E-state index in [4.69, 9.17) is 9.97 Å². The second kappa shape index (κ2) is 7.14. The molecule has 2 rings (SSSR count). The molecule has 1 aliphatic rings. The summed E-state index contributed by atoms with van der Waals surface area (Å²) in [5.41, 5.74) is 3.51. The van der Waals surface area contributed by atoms with Crippen LogP contribution in [-0.4, -0.2) is 32.8 Å². The van der Waals surface area contributed by atoms with Crippen LogP contribution < -0.4 is 5.32 Å². The monoisotopic (exact) mass is 311 g/mol. The molecular weight excluding hydrogens is 286 g/mol. The first kappa shape index (κ1) is 16.1. The van der Waals surface area contributed by atoms with Crippen molar-refractivity contribution in [1.82, 2.24) is 15.3 Å². The molecule has 3 unspecified atom stereocenters. The highest BCUT2D eigenvalue weighted by atomic mass is 32.2. The van der Waals surface area contributed by atoms with Crippen LogP contribution in [0.25, 0.3) is 0 Å². The van der Waals surface area contributed by atoms with Crippen LogP contribution in [-0.2, 0) is 6.54 Å². The van der Waals surface area contributed by atoms with Gasteiger partial charge in [0.15, 0.2) is 0 Å². The summed E-state index contributed by atoms with van der Waals surface area (Å²) in [6, 6.07) is 0. The van der Waals surface area contributed by atoms with Gasteiger partial charge in [0.05, 0.1) is 5.25 Å². The number of nitrogens with one attached hydrogen (secondary N) is 1. The first-order valence-electron chi connectivity index (χ1n) is 7.34. The van der Waals surface area contributed by atoms with Crippen molar-refractivity contribution in [2.45, 2.75) is 56.9 Å². The highest BCUT2D eigenvalue weighted by molar-refractivity contribution is 8.07. The molecule has 1 aromatic rings. The molecule has 2 heterocycles. The minimum Gasteiger partial charge on any atom is -0.313 e. The van der Waals surface area contributed by atoms with Crippen LogP contribution in [0.3, 0.4) is 0 Å². The Morgan fingerprint density at radius 3 is 2.35 bits per heavy atom. The van der Waals surface area contributed by atoms with Gasteiger partial charge in [-0.3, -0.25) is 0 Å². The summed E-state index contributed by atoms with van der Waals surface area (Å²) in [6.07, 6.45) is 0. The summed E-state index contributed by atoms with van der Waals surface area (Å²) >= 11 is 4.07. The lowest BCUT2D eigenvalue weighted by Crippen LogP contribution is -2.24. The summed E-state index contributed by atoms with van der Waals surface area (Å²) < 4.78 is 0. The molecule has 3 nitrogen and oxygen atoms in total. The van der Waals surface area contributed by atoms with Crippen molar-refractivity contribution in [3.63, 3.8) is 0 Å². The van der Waals surface area contributed by atoms with E-state index in [0.717, 1.165) is 41.3 Å². The van der Waals surface area contributed by atoms with Gasteiger partial charge in [-0.25, -0.2) is 9.97 Å². The maximum absolute atomic E-state index is 4.78. The molecular formula is C15H25N3S2. The molecule has 1 saturated heterocycles. The Hall–Kier alpha value is -0.260. The Balaban J connectivity index is 2.17. The Morgan fingerprint density at radius 2 is 1.80 bits per heavy atom. The van der Waals surface area contributed by atoms with Crippen LogP contribution in [0.4, 0.5) is 0 Å². The third-order valence-corrected chi connectivity index (χ3v) is 7.21. The van der Waals surface area contributed by atoms with Gasteiger partial charge in [-0.1, -0.05) is 20.8 Å². The molecule has 1 fully saturated rings. The normalized spacial score (nSPS) is 26.8. The molecule has 0 bridgehead atoms. The van der Waals surface area contributed by atoms with E-state index in [0.29, 0.717) is 10.5 Å². The SMILES string of the molecule is CCNCc1c(C)nc(C2CSC(C)C(C)S2)nc1C. The van der Waals surface area contributed by atoms with Crippen LogP contribution in [0, 0.1) is 13.8 Å². The summed E-state index contributed by atoms with van der Waals surface area (Å²) in [4.78, 5) is 9.57. The first-order chi connectivity index (χ1) is 9.52. The number of nitrogens with zero attached hydrogens (tertiary/aromatic N) is 2. The van der Waals surface area contributed by atoms with Crippen LogP contribution in [0.2, 0.25) is 0 Å². The van der Waals surface area contributed by atoms with E-state index in [1.54, 1.807) is 0 Å². The van der Waals surface area contributed by atoms with E-state index < -0.39 is 0 Å². The molecule has 0 amide bonds. The highest BCUT2D eigenvalue weighted by Gasteiger charge is 2.29. The Labute approximate surface area is 131 Å². The minimum absolute atomic E-state index is 0.441. The fourth-order valence-corrected chi connectivity index (χ4v) is 5.18. The van der Waals surface area contributed by atoms with Crippen molar-refractivity contribution >= 4 is 23.5 Å². The molecule has 0 radical (unpaired) electrons. The molecule has 112 valence electrons. The van der Waals surface area contributed by atoms with Gasteiger partial charge in [-0.2, -0.15) is 11.8 Å². The van der Waals surface area contributed by atoms with Gasteiger partial charge < -0.3 is 5.32 Å². The average molecular weight is 312 g/mol. The van der Waals surface area contributed by atoms with E-state index in [1.807, 2.05) is 23.5 Å². The second-order valence-corrected chi connectivity index (χ2v) is 8.37. The standard InChI is InChI=1S/C15H25N3S2/c1-6-16-7-13-9(2)17-15(18-10(13)3)14-8-19-11(4)12(5)20-14/h11-12,14,16H,6-8H2,1-5H3. The molecule has 5 heteroatoms. The van der Waals surface area contributed by atoms with Crippen LogP contribution >= 0.6 is 23.5 Å². The van der Waals surface area contributed by atoms with E-state index >= 15 is 0 Å². The van der Waals surface area contributed by atoms with Crippen LogP contribution in [0.15, 0.2) is 0 Å². The van der Waals surface area contributed by atoms with Gasteiger partial charge in [-0.15, -0.1) is 11.8 Å². The lowest BCUT2D eigenvalue weighted by atomic mass is 10.1. The van der Waals surface area contributed by atoms with Crippen molar-refractivity contribution in [2.24, 2.45) is 0 Å². The zero-order chi connectivity index (χ0) is 14.7. The number of rotatable bonds is 4. The van der Waals surface area contributed by atoms with E-state index in [9.17, 15) is 0 Å². The zero-order valence-corrected chi connectivity index (χ0v) is 14.7. The van der Waals surface area contributed by atoms with Gasteiger partial charge in [0, 0.05) is 39.7 Å². The third kappa shape index (κ3) is 3.68. The summed E-state index contributed by atoms with van der Waals surface area (Å²) in [6.45, 7) is 12.8. The van der Waals surface area contributed by atoms with Crippen molar-refractivity contribution in [2.75, 3.05) is 12.3 Å². The fourth-order valence-electron chi connectivity index (χ4n) is 2.33. The summed E-state index contributed by atoms with van der Waals surface area (Å²) in [5.74, 6) is 2.15. The average Bonchev–Trinajstić information content (AvgIpc) is 2.41. The lowest BCUT2D eigenvalue weighted by molar-refractivity contribution is 0.704. The number of aromatic nitrogens is 2. The predicted octanol–water partition coefficient (Wildman–Crippen LogP) is 3.50. The van der Waals surface area contributed by atoms with Crippen LogP contribution in [0.5, 0.6) is 0 Å². The second-order valence-electron chi connectivity index (χ2n) is 5.38. The van der Waals surface area contributed by atoms with Gasteiger partial charge >= 0.3 is 0 Å². The Kier molecular flexibility index (Phi) is 5.75. The van der Waals surface area contributed by atoms with E-state index in [1.165, 1.54) is 5.56 Å². The molecule has 1 aromatic heterocycles. The number of thioether (sulfide) groups is 2. The largest absolute Gasteiger partial charge is 0.313 e. The predicted molar refractivity (Wildman–Crippen MR) is 90.6 cm³/mol. The maximum Gasteiger partial charge on any atom is 0.142 e. The molecule has 0 saturated carbocycles. The van der Waals surface area contributed by atoms with Crippen molar-refractivity contribution in [3.05, 3.63) is 22.8 Å². The third-order valence-electron chi connectivity index (χ3n) is 3.83. The number of hydrogen-bond donors (Lipinski definition) is 1. The first-order valence-corrected chi connectivity index (χ1v) is 9.33. The number of aryl methyl sites for hydroxylation is 2. The lowest BCUT2D eigenvalue weighted by Gasteiger charge is -2.30. The van der Waals surface area contributed by atoms with Crippen molar-refractivity contribution in [3.8, 4) is 0 Å². The topological polar surface area (TPSA) is 37.8 Å². The van der Waals surface area contributed by atoms with Crippen molar-refractivity contribution in [1.29, 1.82) is 0 Å². The maximum atomic E-state index is 4.78. The van der Waals surface area contributed by atoms with Crippen LogP contribution in [0.1, 0.15) is 48.8 Å². The van der Waals surface area contributed by atoms with Crippen molar-refractivity contribution < 1.29 is 0 Å².